The van der Waals surface area contributed by atoms with Crippen LogP contribution in [0.25, 0.3) is 0 Å². The van der Waals surface area contributed by atoms with E-state index in [2.05, 4.69) is 22.1 Å². The van der Waals surface area contributed by atoms with Crippen LogP contribution in [0.4, 0.5) is 18.3 Å². The zero-order valence-corrected chi connectivity index (χ0v) is 15.0. The number of halogens is 4. The molecule has 0 radical (unpaired) electrons. The maximum atomic E-state index is 12.7. The van der Waals surface area contributed by atoms with Gasteiger partial charge in [-0.3, -0.25) is 15.0 Å². The summed E-state index contributed by atoms with van der Waals surface area (Å²) in [5, 5.41) is 3.04. The van der Waals surface area contributed by atoms with Crippen LogP contribution >= 0.6 is 23.7 Å². The molecule has 1 amide bonds. The Morgan fingerprint density at radius 2 is 2.16 bits per heavy atom. The number of thiazole rings is 1. The zero-order chi connectivity index (χ0) is 17.3. The fourth-order valence-corrected chi connectivity index (χ4v) is 3.62. The SMILES string of the molecule is CCN1CCc2nc(NC(=O)c3cccc(C(F)(F)F)c3)sc2C1.Cl. The van der Waals surface area contributed by atoms with Gasteiger partial charge in [-0.2, -0.15) is 13.2 Å². The molecule has 136 valence electrons. The van der Waals surface area contributed by atoms with Gasteiger partial charge in [0.15, 0.2) is 5.13 Å². The second kappa shape index (κ2) is 7.72. The van der Waals surface area contributed by atoms with E-state index in [9.17, 15) is 18.0 Å². The van der Waals surface area contributed by atoms with Crippen molar-refractivity contribution in [3.05, 3.63) is 46.0 Å². The summed E-state index contributed by atoms with van der Waals surface area (Å²) in [5.41, 5.74) is 0.0874. The highest BCUT2D eigenvalue weighted by molar-refractivity contribution is 7.15. The number of amides is 1. The van der Waals surface area contributed by atoms with Gasteiger partial charge in [-0.15, -0.1) is 23.7 Å². The van der Waals surface area contributed by atoms with Crippen LogP contribution in [0.5, 0.6) is 0 Å². The lowest BCUT2D eigenvalue weighted by molar-refractivity contribution is -0.137. The summed E-state index contributed by atoms with van der Waals surface area (Å²) in [6.07, 6.45) is -3.65. The number of hydrogen-bond donors (Lipinski definition) is 1. The molecule has 0 unspecified atom stereocenters. The Kier molecular flexibility index (Phi) is 6.08. The molecular formula is C16H17ClF3N3OS. The summed E-state index contributed by atoms with van der Waals surface area (Å²) in [5.74, 6) is -0.584. The number of likely N-dealkylation sites (N-methyl/N-ethyl adjacent to an activating group) is 1. The minimum Gasteiger partial charge on any atom is -0.298 e. The zero-order valence-electron chi connectivity index (χ0n) is 13.4. The number of rotatable bonds is 3. The molecule has 9 heteroatoms. The van der Waals surface area contributed by atoms with Crippen LogP contribution in [0.15, 0.2) is 24.3 Å². The third kappa shape index (κ3) is 4.50. The number of carbonyl (C=O) groups is 1. The molecule has 0 saturated heterocycles. The van der Waals surface area contributed by atoms with Gasteiger partial charge in [0, 0.05) is 30.0 Å². The van der Waals surface area contributed by atoms with E-state index in [4.69, 9.17) is 0 Å². The molecule has 4 nitrogen and oxygen atoms in total. The predicted octanol–water partition coefficient (Wildman–Crippen LogP) is 4.21. The molecule has 1 N–H and O–H groups in total. The summed E-state index contributed by atoms with van der Waals surface area (Å²) >= 11 is 1.38. The van der Waals surface area contributed by atoms with Crippen molar-refractivity contribution in [2.75, 3.05) is 18.4 Å². The Labute approximate surface area is 153 Å². The van der Waals surface area contributed by atoms with Gasteiger partial charge in [0.1, 0.15) is 0 Å². The highest BCUT2D eigenvalue weighted by atomic mass is 35.5. The average molecular weight is 392 g/mol. The summed E-state index contributed by atoms with van der Waals surface area (Å²) in [6.45, 7) is 4.75. The molecular weight excluding hydrogens is 375 g/mol. The van der Waals surface area contributed by atoms with E-state index in [1.807, 2.05) is 0 Å². The molecule has 2 heterocycles. The molecule has 1 aliphatic heterocycles. The Bertz CT molecular complexity index is 763. The first-order chi connectivity index (χ1) is 11.4. The lowest BCUT2D eigenvalue weighted by atomic mass is 10.1. The molecule has 0 spiro atoms. The molecule has 3 rings (SSSR count). The minimum absolute atomic E-state index is 0. The van der Waals surface area contributed by atoms with Gasteiger partial charge in [-0.25, -0.2) is 4.98 Å². The lowest BCUT2D eigenvalue weighted by Gasteiger charge is -2.23. The fourth-order valence-electron chi connectivity index (χ4n) is 2.58. The van der Waals surface area contributed by atoms with Crippen molar-refractivity contribution in [3.63, 3.8) is 0 Å². The number of aromatic nitrogens is 1. The van der Waals surface area contributed by atoms with Crippen LogP contribution < -0.4 is 5.32 Å². The number of nitrogens with one attached hydrogen (secondary N) is 1. The van der Waals surface area contributed by atoms with Gasteiger partial charge < -0.3 is 0 Å². The van der Waals surface area contributed by atoms with Gasteiger partial charge in [0.05, 0.1) is 11.3 Å². The topological polar surface area (TPSA) is 45.2 Å². The van der Waals surface area contributed by atoms with Gasteiger partial charge >= 0.3 is 6.18 Å². The first kappa shape index (κ1) is 19.7. The van der Waals surface area contributed by atoms with Gasteiger partial charge in [0.2, 0.25) is 0 Å². The van der Waals surface area contributed by atoms with Crippen molar-refractivity contribution in [1.29, 1.82) is 0 Å². The second-order valence-corrected chi connectivity index (χ2v) is 6.62. The highest BCUT2D eigenvalue weighted by Crippen LogP contribution is 2.31. The smallest absolute Gasteiger partial charge is 0.298 e. The molecule has 1 aliphatic rings. The molecule has 0 aliphatic carbocycles. The predicted molar refractivity (Wildman–Crippen MR) is 93.4 cm³/mol. The summed E-state index contributed by atoms with van der Waals surface area (Å²) in [4.78, 5) is 20.0. The third-order valence-corrected chi connectivity index (χ3v) is 4.93. The van der Waals surface area contributed by atoms with Crippen LogP contribution in [-0.4, -0.2) is 28.9 Å². The average Bonchev–Trinajstić information content (AvgIpc) is 2.95. The largest absolute Gasteiger partial charge is 0.416 e. The monoisotopic (exact) mass is 391 g/mol. The summed E-state index contributed by atoms with van der Waals surface area (Å²) in [6, 6.07) is 4.38. The molecule has 1 aromatic heterocycles. The van der Waals surface area contributed by atoms with E-state index in [1.165, 1.54) is 23.5 Å². The third-order valence-electron chi connectivity index (χ3n) is 3.93. The second-order valence-electron chi connectivity index (χ2n) is 5.54. The van der Waals surface area contributed by atoms with E-state index < -0.39 is 17.6 Å². The van der Waals surface area contributed by atoms with E-state index in [0.717, 1.165) is 48.8 Å². The fraction of sp³-hybridized carbons (Fsp3) is 0.375. The van der Waals surface area contributed by atoms with Crippen LogP contribution in [0.3, 0.4) is 0 Å². The molecule has 25 heavy (non-hydrogen) atoms. The number of anilines is 1. The van der Waals surface area contributed by atoms with Crippen LogP contribution in [0.2, 0.25) is 0 Å². The Hall–Kier alpha value is -1.64. The van der Waals surface area contributed by atoms with E-state index in [-0.39, 0.29) is 18.0 Å². The van der Waals surface area contributed by atoms with Crippen molar-refractivity contribution in [1.82, 2.24) is 9.88 Å². The minimum atomic E-state index is -4.47. The first-order valence-electron chi connectivity index (χ1n) is 7.56. The Morgan fingerprint density at radius 3 is 2.84 bits per heavy atom. The van der Waals surface area contributed by atoms with Gasteiger partial charge in [-0.1, -0.05) is 13.0 Å². The van der Waals surface area contributed by atoms with Crippen LogP contribution in [-0.2, 0) is 19.1 Å². The van der Waals surface area contributed by atoms with Gasteiger partial charge in [-0.05, 0) is 24.7 Å². The number of carbonyl (C=O) groups excluding carboxylic acids is 1. The van der Waals surface area contributed by atoms with Crippen molar-refractivity contribution in [3.8, 4) is 0 Å². The Balaban J connectivity index is 0.00000225. The molecule has 0 atom stereocenters. The van der Waals surface area contributed by atoms with Crippen LogP contribution in [0.1, 0.15) is 33.4 Å². The molecule has 0 saturated carbocycles. The number of benzene rings is 1. The maximum absolute atomic E-state index is 12.7. The molecule has 1 aromatic carbocycles. The first-order valence-corrected chi connectivity index (χ1v) is 8.38. The van der Waals surface area contributed by atoms with Crippen LogP contribution in [0, 0.1) is 0 Å². The number of fused-ring (bicyclic) bond motifs is 1. The van der Waals surface area contributed by atoms with Crippen molar-refractivity contribution < 1.29 is 18.0 Å². The Morgan fingerprint density at radius 1 is 1.40 bits per heavy atom. The van der Waals surface area contributed by atoms with Crippen molar-refractivity contribution >= 4 is 34.8 Å². The standard InChI is InChI=1S/C16H16F3N3OS.ClH/c1-2-22-7-6-12-13(9-22)24-15(20-12)21-14(23)10-4-3-5-11(8-10)16(17,18)19;/h3-5,8H,2,6-7,9H2,1H3,(H,20,21,23);1H. The van der Waals surface area contributed by atoms with E-state index in [0.29, 0.717) is 5.13 Å². The quantitative estimate of drug-likeness (QED) is 0.852. The summed E-state index contributed by atoms with van der Waals surface area (Å²) < 4.78 is 38.2. The summed E-state index contributed by atoms with van der Waals surface area (Å²) in [7, 11) is 0. The highest BCUT2D eigenvalue weighted by Gasteiger charge is 2.31. The van der Waals surface area contributed by atoms with Crippen molar-refractivity contribution in [2.24, 2.45) is 0 Å². The lowest BCUT2D eigenvalue weighted by Crippen LogP contribution is -2.29. The van der Waals surface area contributed by atoms with Gasteiger partial charge in [0.25, 0.3) is 5.91 Å². The van der Waals surface area contributed by atoms with E-state index >= 15 is 0 Å². The van der Waals surface area contributed by atoms with E-state index in [1.54, 1.807) is 0 Å². The normalized spacial score (nSPS) is 14.6. The van der Waals surface area contributed by atoms with Crippen molar-refractivity contribution in [2.45, 2.75) is 26.1 Å². The molecule has 0 bridgehead atoms. The molecule has 2 aromatic rings. The number of nitrogens with zero attached hydrogens (tertiary/aromatic N) is 2. The maximum Gasteiger partial charge on any atom is 0.416 e. The molecule has 0 fully saturated rings. The number of alkyl halides is 3. The number of hydrogen-bond acceptors (Lipinski definition) is 4.